The molecule has 0 N–H and O–H groups in total. The predicted octanol–water partition coefficient (Wildman–Crippen LogP) is 8.42. The van der Waals surface area contributed by atoms with Crippen molar-refractivity contribution in [3.63, 3.8) is 0 Å². The molecule has 0 saturated heterocycles. The molecule has 0 nitrogen and oxygen atoms in total. The highest BCUT2D eigenvalue weighted by Gasteiger charge is 2.98. The first-order valence-electron chi connectivity index (χ1n) is 7.40. The molecule has 1 unspecified atom stereocenters. The summed E-state index contributed by atoms with van der Waals surface area (Å²) in [6.45, 7) is 0. The van der Waals surface area contributed by atoms with E-state index in [0.29, 0.717) is 0 Å². The Labute approximate surface area is 194 Å². The maximum atomic E-state index is 13.5. The van der Waals surface area contributed by atoms with E-state index in [-0.39, 0.29) is 0 Å². The third-order valence-corrected chi connectivity index (χ3v) is 6.48. The zero-order chi connectivity index (χ0) is 29.3. The van der Waals surface area contributed by atoms with Crippen LogP contribution < -0.4 is 0 Å². The minimum absolute atomic E-state index is 1.48. The Hall–Kier alpha value is -0.510. The third-order valence-electron chi connectivity index (χ3n) is 4.06. The quantitative estimate of drug-likeness (QED) is 0.158. The molecule has 0 rings (SSSR count). The molecule has 0 fully saturated rings. The molecule has 212 valence electrons. The summed E-state index contributed by atoms with van der Waals surface area (Å²) in [4.78, 5) is -3.42. The Kier molecular flexibility index (Phi) is 8.64. The normalized spacial score (nSPS) is 17.6. The maximum absolute atomic E-state index is 13.5. The van der Waals surface area contributed by atoms with E-state index in [9.17, 15) is 92.2 Å². The Bertz CT molecular complexity index is 765. The zero-order valence-electron chi connectivity index (χ0n) is 15.0. The summed E-state index contributed by atoms with van der Waals surface area (Å²) in [5, 5.41) is -1.60. The molecule has 35 heavy (non-hydrogen) atoms. The first-order valence-corrected chi connectivity index (χ1v) is 9.44. The van der Waals surface area contributed by atoms with Gasteiger partial charge in [-0.2, -0.15) is 92.2 Å². The molecule has 0 amide bonds. The van der Waals surface area contributed by atoms with Gasteiger partial charge in [-0.05, 0) is 0 Å². The number of halogens is 23. The van der Waals surface area contributed by atoms with Crippen LogP contribution in [0.2, 0.25) is 0 Å². The maximum Gasteiger partial charge on any atom is 0.460 e. The van der Waals surface area contributed by atoms with Gasteiger partial charge < -0.3 is 0 Å². The van der Waals surface area contributed by atoms with Crippen molar-refractivity contribution in [3.8, 4) is 0 Å². The minimum atomic E-state index is -9.15. The van der Waals surface area contributed by atoms with Gasteiger partial charge in [-0.15, -0.1) is 0 Å². The van der Waals surface area contributed by atoms with Gasteiger partial charge in [0.2, 0.25) is 0 Å². The molecule has 0 aromatic heterocycles. The van der Waals surface area contributed by atoms with E-state index in [2.05, 4.69) is 0 Å². The fourth-order valence-corrected chi connectivity index (χ4v) is 2.56. The summed E-state index contributed by atoms with van der Waals surface area (Å²) in [5.41, 5.74) is 0. The van der Waals surface area contributed by atoms with Crippen LogP contribution in [0.3, 0.4) is 0 Å². The van der Waals surface area contributed by atoms with Crippen LogP contribution in [0.1, 0.15) is 0 Å². The van der Waals surface area contributed by atoms with Crippen molar-refractivity contribution in [1.82, 2.24) is 0 Å². The van der Waals surface area contributed by atoms with Gasteiger partial charge in [0.25, 0.3) is 0 Å². The van der Waals surface area contributed by atoms with Gasteiger partial charge in [-0.1, -0.05) is 31.9 Å². The molecule has 1 atom stereocenters. The van der Waals surface area contributed by atoms with Crippen molar-refractivity contribution in [2.24, 2.45) is 0 Å². The van der Waals surface area contributed by atoms with E-state index >= 15 is 0 Å². The van der Waals surface area contributed by atoms with Crippen LogP contribution in [-0.2, 0) is 0 Å². The average Bonchev–Trinajstić information content (AvgIpc) is 2.64. The Morgan fingerprint density at radius 1 is 0.371 bits per heavy atom. The lowest BCUT2D eigenvalue weighted by molar-refractivity contribution is -0.474. The number of rotatable bonds is 10. The molecule has 0 bridgehead atoms. The van der Waals surface area contributed by atoms with Gasteiger partial charge in [0.15, 0.2) is 0 Å². The van der Waals surface area contributed by atoms with Gasteiger partial charge in [0.05, 0.1) is 4.83 Å². The van der Waals surface area contributed by atoms with Gasteiger partial charge >= 0.3 is 59.5 Å². The second-order valence-electron chi connectivity index (χ2n) is 6.34. The van der Waals surface area contributed by atoms with Gasteiger partial charge in [0, 0.05) is 5.33 Å². The Balaban J connectivity index is 7.09. The molecule has 0 aliphatic rings. The van der Waals surface area contributed by atoms with E-state index in [1.54, 1.807) is 0 Å². The fourth-order valence-electron chi connectivity index (χ4n) is 1.86. The van der Waals surface area contributed by atoms with Crippen molar-refractivity contribution in [2.75, 3.05) is 5.33 Å². The highest BCUT2D eigenvalue weighted by Crippen LogP contribution is 2.66. The molecule has 0 aromatic carbocycles. The molecule has 0 heterocycles. The van der Waals surface area contributed by atoms with Crippen LogP contribution >= 0.6 is 31.9 Å². The topological polar surface area (TPSA) is 0 Å². The van der Waals surface area contributed by atoms with E-state index in [0.717, 1.165) is 0 Å². The second kappa shape index (κ2) is 8.77. The molecule has 0 saturated carbocycles. The SMILES string of the molecule is FC(F)(F)C(F)(F)C(F)(F)C(F)(F)C(F)(F)C(F)(F)C(F)(F)C(F)(F)C(F)(F)C(F)(F)C(Br)CBr. The Morgan fingerprint density at radius 3 is 0.771 bits per heavy atom. The molecule has 23 heteroatoms. The number of alkyl halides is 23. The lowest BCUT2D eigenvalue weighted by atomic mass is 9.86. The second-order valence-corrected chi connectivity index (χ2v) is 8.09. The van der Waals surface area contributed by atoms with Crippen molar-refractivity contribution in [3.05, 3.63) is 0 Å². The minimum Gasteiger partial charge on any atom is -0.198 e. The lowest BCUT2D eigenvalue weighted by Crippen LogP contribution is -2.77. The number of hydrogen-bond acceptors (Lipinski definition) is 0. The highest BCUT2D eigenvalue weighted by molar-refractivity contribution is 9.12. The molecule has 0 radical (unpaired) electrons. The molecule has 0 aliphatic heterocycles. The van der Waals surface area contributed by atoms with Crippen LogP contribution in [0.15, 0.2) is 0 Å². The van der Waals surface area contributed by atoms with Crippen LogP contribution in [0, 0.1) is 0 Å². The largest absolute Gasteiger partial charge is 0.460 e. The first kappa shape index (κ1) is 34.5. The van der Waals surface area contributed by atoms with Gasteiger partial charge in [-0.25, -0.2) is 0 Å². The summed E-state index contributed by atoms with van der Waals surface area (Å²) in [6.07, 6.45) is -7.99. The third kappa shape index (κ3) is 4.24. The highest BCUT2D eigenvalue weighted by atomic mass is 79.9. The van der Waals surface area contributed by atoms with Crippen molar-refractivity contribution in [1.29, 1.82) is 0 Å². The van der Waals surface area contributed by atoms with Gasteiger partial charge in [0.1, 0.15) is 0 Å². The standard InChI is InChI=1S/C12H3Br2F21/c13-1-2(14)3(15,16)4(17,18)5(19,20)6(21,22)7(23,24)8(25,26)9(27,28)10(29,30)11(31,32)12(33,34)35/h2H,1H2. The zero-order valence-corrected chi connectivity index (χ0v) is 18.1. The van der Waals surface area contributed by atoms with Crippen LogP contribution in [0.25, 0.3) is 0 Å². The summed E-state index contributed by atoms with van der Waals surface area (Å²) in [7, 11) is 0. The molecular formula is C12H3Br2F21. The van der Waals surface area contributed by atoms with E-state index in [1.165, 1.54) is 15.9 Å². The lowest BCUT2D eigenvalue weighted by Gasteiger charge is -2.44. The summed E-state index contributed by atoms with van der Waals surface area (Å²) in [6, 6.07) is 0. The molecule has 0 spiro atoms. The first-order chi connectivity index (χ1) is 14.7. The van der Waals surface area contributed by atoms with E-state index in [4.69, 9.17) is 0 Å². The monoisotopic (exact) mass is 704 g/mol. The fraction of sp³-hybridized carbons (Fsp3) is 1.00. The summed E-state index contributed by atoms with van der Waals surface area (Å²) in [5.74, 6) is -76.7. The summed E-state index contributed by atoms with van der Waals surface area (Å²) >= 11 is 3.39. The molecule has 0 aliphatic carbocycles. The van der Waals surface area contributed by atoms with Crippen LogP contribution in [-0.4, -0.2) is 69.6 Å². The van der Waals surface area contributed by atoms with Crippen LogP contribution in [0.5, 0.6) is 0 Å². The van der Waals surface area contributed by atoms with E-state index in [1.807, 2.05) is 15.9 Å². The van der Waals surface area contributed by atoms with Gasteiger partial charge in [-0.3, -0.25) is 0 Å². The van der Waals surface area contributed by atoms with E-state index < -0.39 is 69.6 Å². The predicted molar refractivity (Wildman–Crippen MR) is 77.1 cm³/mol. The number of hydrogen-bond donors (Lipinski definition) is 0. The van der Waals surface area contributed by atoms with Crippen LogP contribution in [0.4, 0.5) is 92.2 Å². The van der Waals surface area contributed by atoms with Crippen molar-refractivity contribution >= 4 is 31.9 Å². The van der Waals surface area contributed by atoms with Crippen molar-refractivity contribution in [2.45, 2.75) is 64.3 Å². The Morgan fingerprint density at radius 2 is 0.571 bits per heavy atom. The average molecular weight is 706 g/mol. The molecule has 0 aromatic rings. The molecular weight excluding hydrogens is 703 g/mol. The van der Waals surface area contributed by atoms with Crippen molar-refractivity contribution < 1.29 is 92.2 Å². The smallest absolute Gasteiger partial charge is 0.198 e. The summed E-state index contributed by atoms with van der Waals surface area (Å²) < 4.78 is 275.